The standard InChI is InChI=1S/C10H14N2OS2/c1-6(2)15-5-9-11-8-4-14-3-7(8)10(13)12-9/h6H,3-5H2,1-2H3,(H,11,12,13). The normalized spacial score (nSPS) is 14.6. The monoisotopic (exact) mass is 242 g/mol. The van der Waals surface area contributed by atoms with Crippen LogP contribution in [0.2, 0.25) is 0 Å². The maximum absolute atomic E-state index is 11.7. The van der Waals surface area contributed by atoms with Crippen LogP contribution in [0.25, 0.3) is 0 Å². The number of hydrogen-bond donors (Lipinski definition) is 1. The molecular formula is C10H14N2OS2. The highest BCUT2D eigenvalue weighted by atomic mass is 32.2. The average molecular weight is 242 g/mol. The minimum Gasteiger partial charge on any atom is -0.310 e. The second-order valence-corrected chi connectivity index (χ2v) is 6.34. The number of hydrogen-bond acceptors (Lipinski definition) is 4. The predicted octanol–water partition coefficient (Wildman–Crippen LogP) is 2.16. The SMILES string of the molecule is CC(C)SCc1nc2c(c(=O)[nH]1)CSC2. The van der Waals surface area contributed by atoms with E-state index in [1.165, 1.54) is 0 Å². The average Bonchev–Trinajstić information content (AvgIpc) is 2.63. The van der Waals surface area contributed by atoms with Crippen molar-refractivity contribution in [3.05, 3.63) is 27.4 Å². The zero-order valence-corrected chi connectivity index (χ0v) is 10.5. The Kier molecular flexibility index (Phi) is 3.41. The lowest BCUT2D eigenvalue weighted by Gasteiger charge is -2.05. The highest BCUT2D eigenvalue weighted by Crippen LogP contribution is 2.25. The zero-order chi connectivity index (χ0) is 10.8. The molecule has 0 fully saturated rings. The number of nitrogens with one attached hydrogen (secondary N) is 1. The molecule has 0 saturated carbocycles. The molecule has 2 heterocycles. The molecule has 3 nitrogen and oxygen atoms in total. The lowest BCUT2D eigenvalue weighted by Crippen LogP contribution is -2.16. The molecule has 1 N–H and O–H groups in total. The Morgan fingerprint density at radius 3 is 3.07 bits per heavy atom. The molecule has 0 unspecified atom stereocenters. The van der Waals surface area contributed by atoms with E-state index in [0.29, 0.717) is 5.25 Å². The lowest BCUT2D eigenvalue weighted by atomic mass is 10.3. The van der Waals surface area contributed by atoms with Crippen LogP contribution in [0, 0.1) is 0 Å². The van der Waals surface area contributed by atoms with E-state index in [1.54, 1.807) is 23.5 Å². The van der Waals surface area contributed by atoms with Crippen LogP contribution in [0.4, 0.5) is 0 Å². The Hall–Kier alpha value is -0.420. The van der Waals surface area contributed by atoms with Gasteiger partial charge in [-0.2, -0.15) is 23.5 Å². The van der Waals surface area contributed by atoms with Gasteiger partial charge >= 0.3 is 0 Å². The summed E-state index contributed by atoms with van der Waals surface area (Å²) in [5.41, 5.74) is 1.92. The van der Waals surface area contributed by atoms with Gasteiger partial charge in [0.2, 0.25) is 0 Å². The Labute approximate surface area is 97.5 Å². The number of rotatable bonds is 3. The van der Waals surface area contributed by atoms with E-state index in [9.17, 15) is 4.79 Å². The summed E-state index contributed by atoms with van der Waals surface area (Å²) in [5.74, 6) is 3.32. The van der Waals surface area contributed by atoms with Gasteiger partial charge in [0.1, 0.15) is 5.82 Å². The third-order valence-corrected chi connectivity index (χ3v) is 4.27. The van der Waals surface area contributed by atoms with Crippen molar-refractivity contribution >= 4 is 23.5 Å². The van der Waals surface area contributed by atoms with Gasteiger partial charge in [-0.1, -0.05) is 13.8 Å². The minimum absolute atomic E-state index is 0.0596. The molecule has 15 heavy (non-hydrogen) atoms. The molecule has 0 saturated heterocycles. The van der Waals surface area contributed by atoms with E-state index in [0.717, 1.165) is 34.3 Å². The van der Waals surface area contributed by atoms with Crippen LogP contribution >= 0.6 is 23.5 Å². The van der Waals surface area contributed by atoms with E-state index in [1.807, 2.05) is 0 Å². The highest BCUT2D eigenvalue weighted by molar-refractivity contribution is 7.99. The topological polar surface area (TPSA) is 45.8 Å². The number of aromatic nitrogens is 2. The molecule has 82 valence electrons. The molecule has 0 atom stereocenters. The molecule has 1 aliphatic rings. The zero-order valence-electron chi connectivity index (χ0n) is 8.87. The first-order valence-corrected chi connectivity index (χ1v) is 7.17. The molecule has 2 rings (SSSR count). The quantitative estimate of drug-likeness (QED) is 0.882. The van der Waals surface area contributed by atoms with E-state index < -0.39 is 0 Å². The maximum atomic E-state index is 11.7. The van der Waals surface area contributed by atoms with Crippen molar-refractivity contribution in [2.75, 3.05) is 0 Å². The van der Waals surface area contributed by atoms with Crippen molar-refractivity contribution in [1.82, 2.24) is 9.97 Å². The van der Waals surface area contributed by atoms with Crippen LogP contribution in [0.1, 0.15) is 30.9 Å². The fraction of sp³-hybridized carbons (Fsp3) is 0.600. The van der Waals surface area contributed by atoms with Crippen LogP contribution < -0.4 is 5.56 Å². The summed E-state index contributed by atoms with van der Waals surface area (Å²) < 4.78 is 0. The van der Waals surface area contributed by atoms with Gasteiger partial charge < -0.3 is 4.98 Å². The van der Waals surface area contributed by atoms with E-state index in [4.69, 9.17) is 0 Å². The van der Waals surface area contributed by atoms with Gasteiger partial charge in [-0.25, -0.2) is 4.98 Å². The van der Waals surface area contributed by atoms with Gasteiger partial charge in [0.05, 0.1) is 11.4 Å². The molecule has 0 amide bonds. The first-order chi connectivity index (χ1) is 7.16. The number of aromatic amines is 1. The Balaban J connectivity index is 2.20. The second-order valence-electron chi connectivity index (χ2n) is 3.79. The van der Waals surface area contributed by atoms with Crippen LogP contribution in [-0.2, 0) is 17.3 Å². The van der Waals surface area contributed by atoms with Crippen LogP contribution in [0.3, 0.4) is 0 Å². The van der Waals surface area contributed by atoms with Crippen molar-refractivity contribution < 1.29 is 0 Å². The van der Waals surface area contributed by atoms with Crippen molar-refractivity contribution in [1.29, 1.82) is 0 Å². The third-order valence-electron chi connectivity index (χ3n) is 2.19. The summed E-state index contributed by atoms with van der Waals surface area (Å²) >= 11 is 3.56. The van der Waals surface area contributed by atoms with Crippen molar-refractivity contribution in [2.24, 2.45) is 0 Å². The second kappa shape index (κ2) is 4.61. The summed E-state index contributed by atoms with van der Waals surface area (Å²) in [6.45, 7) is 4.29. The molecule has 0 bridgehead atoms. The largest absolute Gasteiger partial charge is 0.310 e. The number of thioether (sulfide) groups is 2. The third kappa shape index (κ3) is 2.58. The number of H-pyrrole nitrogens is 1. The van der Waals surface area contributed by atoms with Gasteiger partial charge in [0.15, 0.2) is 0 Å². The predicted molar refractivity (Wildman–Crippen MR) is 66.3 cm³/mol. The molecule has 1 aliphatic heterocycles. The molecule has 1 aromatic rings. The molecule has 0 aromatic carbocycles. The van der Waals surface area contributed by atoms with E-state index in [-0.39, 0.29) is 5.56 Å². The van der Waals surface area contributed by atoms with Gasteiger partial charge in [0, 0.05) is 17.1 Å². The summed E-state index contributed by atoms with van der Waals surface area (Å²) in [4.78, 5) is 19.0. The molecule has 0 spiro atoms. The molecule has 0 aliphatic carbocycles. The smallest absolute Gasteiger partial charge is 0.255 e. The van der Waals surface area contributed by atoms with Gasteiger partial charge in [0.25, 0.3) is 5.56 Å². The van der Waals surface area contributed by atoms with E-state index in [2.05, 4.69) is 23.8 Å². The first-order valence-electron chi connectivity index (χ1n) is 4.97. The summed E-state index contributed by atoms with van der Waals surface area (Å²) in [6.07, 6.45) is 0. The van der Waals surface area contributed by atoms with Crippen molar-refractivity contribution in [2.45, 2.75) is 36.4 Å². The Morgan fingerprint density at radius 1 is 1.53 bits per heavy atom. The van der Waals surface area contributed by atoms with Gasteiger partial charge in [-0.3, -0.25) is 4.79 Å². The van der Waals surface area contributed by atoms with Crippen molar-refractivity contribution in [3.8, 4) is 0 Å². The summed E-state index contributed by atoms with van der Waals surface area (Å²) in [5, 5.41) is 0.568. The number of nitrogens with zero attached hydrogens (tertiary/aromatic N) is 1. The lowest BCUT2D eigenvalue weighted by molar-refractivity contribution is 0.940. The van der Waals surface area contributed by atoms with Gasteiger partial charge in [-0.15, -0.1) is 0 Å². The molecular weight excluding hydrogens is 228 g/mol. The summed E-state index contributed by atoms with van der Waals surface area (Å²) in [7, 11) is 0. The fourth-order valence-electron chi connectivity index (χ4n) is 1.43. The fourth-order valence-corrected chi connectivity index (χ4v) is 3.09. The van der Waals surface area contributed by atoms with Crippen LogP contribution in [0.15, 0.2) is 4.79 Å². The molecule has 5 heteroatoms. The minimum atomic E-state index is 0.0596. The van der Waals surface area contributed by atoms with Gasteiger partial charge in [-0.05, 0) is 5.25 Å². The van der Waals surface area contributed by atoms with Crippen LogP contribution in [-0.4, -0.2) is 15.2 Å². The Morgan fingerprint density at radius 2 is 2.33 bits per heavy atom. The maximum Gasteiger partial charge on any atom is 0.255 e. The summed E-state index contributed by atoms with van der Waals surface area (Å²) in [6, 6.07) is 0. The van der Waals surface area contributed by atoms with Crippen LogP contribution in [0.5, 0.6) is 0 Å². The first kappa shape index (κ1) is 11.1. The molecule has 1 aromatic heterocycles. The Bertz CT molecular complexity index is 414. The number of fused-ring (bicyclic) bond motifs is 1. The van der Waals surface area contributed by atoms with Crippen molar-refractivity contribution in [3.63, 3.8) is 0 Å². The van der Waals surface area contributed by atoms with E-state index >= 15 is 0 Å². The highest BCUT2D eigenvalue weighted by Gasteiger charge is 2.17. The molecule has 0 radical (unpaired) electrons.